The third-order valence-corrected chi connectivity index (χ3v) is 2.86. The molecule has 1 aromatic rings. The summed E-state index contributed by atoms with van der Waals surface area (Å²) in [4.78, 5) is 10.4. The minimum absolute atomic E-state index is 0.114. The van der Waals surface area contributed by atoms with Crippen molar-refractivity contribution in [3.8, 4) is 0 Å². The summed E-state index contributed by atoms with van der Waals surface area (Å²) < 4.78 is 10.9. The predicted octanol–water partition coefficient (Wildman–Crippen LogP) is 0.671. The molecule has 0 heterocycles. The monoisotopic (exact) mass is 258 g/mol. The smallest absolute Gasteiger partial charge is 0.316 e. The van der Waals surface area contributed by atoms with Crippen LogP contribution in [0.2, 0.25) is 0 Å². The van der Waals surface area contributed by atoms with Gasteiger partial charge >= 0.3 is 5.69 Å². The molecule has 0 amide bonds. The van der Waals surface area contributed by atoms with Crippen LogP contribution in [0.5, 0.6) is 0 Å². The molecule has 0 bridgehead atoms. The molecule has 1 unspecified atom stereocenters. The Balaban J connectivity index is 2.90. The summed E-state index contributed by atoms with van der Waals surface area (Å²) in [5.74, 6) is 5.63. The van der Waals surface area contributed by atoms with Crippen molar-refractivity contribution in [3.63, 3.8) is 0 Å². The topological polar surface area (TPSA) is 110 Å². The first-order chi connectivity index (χ1) is 8.06. The summed E-state index contributed by atoms with van der Waals surface area (Å²) in [6, 6.07) is 4.74. The van der Waals surface area contributed by atoms with Gasteiger partial charge in [-0.2, -0.15) is 0 Å². The van der Waals surface area contributed by atoms with Crippen LogP contribution in [0, 0.1) is 10.1 Å². The fourth-order valence-electron chi connectivity index (χ4n) is 1.33. The fraction of sp³-hybridized carbons (Fsp3) is 0.333. The number of nitro benzene ring substituents is 1. The molecule has 0 aromatic heterocycles. The van der Waals surface area contributed by atoms with Gasteiger partial charge in [0.05, 0.1) is 4.92 Å². The zero-order chi connectivity index (χ0) is 12.8. The summed E-state index contributed by atoms with van der Waals surface area (Å²) in [5.41, 5.74) is 2.75. The summed E-state index contributed by atoms with van der Waals surface area (Å²) in [6.07, 6.45) is 1.58. The first kappa shape index (κ1) is 13.4. The third kappa shape index (κ3) is 3.68. The highest BCUT2D eigenvalue weighted by Crippen LogP contribution is 2.31. The lowest BCUT2D eigenvalue weighted by atomic mass is 10.2. The lowest BCUT2D eigenvalue weighted by Crippen LogP contribution is -2.13. The van der Waals surface area contributed by atoms with Crippen LogP contribution in [0.15, 0.2) is 18.2 Å². The van der Waals surface area contributed by atoms with Crippen LogP contribution in [0.1, 0.15) is 0 Å². The number of anilines is 2. The second-order valence-electron chi connectivity index (χ2n) is 3.31. The molecule has 0 radical (unpaired) electrons. The normalized spacial score (nSPS) is 11.9. The van der Waals surface area contributed by atoms with Crippen molar-refractivity contribution in [2.75, 3.05) is 29.3 Å². The third-order valence-electron chi connectivity index (χ3n) is 2.08. The number of nitrogens with one attached hydrogen (secondary N) is 2. The van der Waals surface area contributed by atoms with E-state index in [1.54, 1.807) is 18.4 Å². The van der Waals surface area contributed by atoms with Crippen molar-refractivity contribution >= 4 is 27.9 Å². The summed E-state index contributed by atoms with van der Waals surface area (Å²) in [6.45, 7) is 0.401. The van der Waals surface area contributed by atoms with Gasteiger partial charge in [-0.1, -0.05) is 6.07 Å². The second kappa shape index (κ2) is 6.16. The Bertz CT molecular complexity index is 438. The number of rotatable bonds is 6. The zero-order valence-corrected chi connectivity index (χ0v) is 10.1. The lowest BCUT2D eigenvalue weighted by molar-refractivity contribution is -0.383. The van der Waals surface area contributed by atoms with E-state index in [9.17, 15) is 14.3 Å². The molecule has 0 spiro atoms. The Labute approximate surface area is 101 Å². The summed E-state index contributed by atoms with van der Waals surface area (Å²) in [5, 5.41) is 13.8. The van der Waals surface area contributed by atoms with Gasteiger partial charge in [-0.05, 0) is 12.1 Å². The van der Waals surface area contributed by atoms with E-state index in [1.807, 2.05) is 0 Å². The van der Waals surface area contributed by atoms with E-state index < -0.39 is 15.7 Å². The van der Waals surface area contributed by atoms with Crippen LogP contribution >= 0.6 is 0 Å². The Hall–Kier alpha value is -1.67. The van der Waals surface area contributed by atoms with Crippen LogP contribution in [-0.2, 0) is 10.8 Å². The van der Waals surface area contributed by atoms with E-state index in [2.05, 4.69) is 10.7 Å². The van der Waals surface area contributed by atoms with E-state index >= 15 is 0 Å². The number of nitrogens with zero attached hydrogens (tertiary/aromatic N) is 1. The maximum absolute atomic E-state index is 10.9. The second-order valence-corrected chi connectivity index (χ2v) is 4.86. The highest BCUT2D eigenvalue weighted by atomic mass is 32.2. The lowest BCUT2D eigenvalue weighted by Gasteiger charge is -2.09. The standard InChI is InChI=1S/C9H14N4O3S/c1-17(16)6-5-11-7-3-2-4-8(12-10)9(7)13(14)15/h2-4,11-12H,5-6,10H2,1H3. The molecule has 0 aliphatic heterocycles. The van der Waals surface area contributed by atoms with Gasteiger partial charge in [0.15, 0.2) is 0 Å². The highest BCUT2D eigenvalue weighted by molar-refractivity contribution is 7.84. The number of nitrogen functional groups attached to an aromatic ring is 1. The number of hydrogen-bond donors (Lipinski definition) is 3. The molecule has 17 heavy (non-hydrogen) atoms. The predicted molar refractivity (Wildman–Crippen MR) is 68.3 cm³/mol. The molecule has 0 saturated carbocycles. The van der Waals surface area contributed by atoms with Crippen molar-refractivity contribution in [1.29, 1.82) is 0 Å². The number of nitrogens with two attached hydrogens (primary N) is 1. The Kier molecular flexibility index (Phi) is 4.85. The van der Waals surface area contributed by atoms with Crippen LogP contribution < -0.4 is 16.6 Å². The first-order valence-corrected chi connectivity index (χ1v) is 6.57. The Morgan fingerprint density at radius 2 is 2.12 bits per heavy atom. The molecule has 8 heteroatoms. The number of hydrazine groups is 1. The zero-order valence-electron chi connectivity index (χ0n) is 9.30. The Morgan fingerprint density at radius 1 is 1.47 bits per heavy atom. The molecule has 0 fully saturated rings. The number of benzene rings is 1. The van der Waals surface area contributed by atoms with Crippen molar-refractivity contribution < 1.29 is 9.13 Å². The van der Waals surface area contributed by atoms with Crippen LogP contribution in [0.4, 0.5) is 17.1 Å². The molecule has 1 rings (SSSR count). The minimum Gasteiger partial charge on any atom is -0.378 e. The maximum Gasteiger partial charge on any atom is 0.316 e. The molecule has 7 nitrogen and oxygen atoms in total. The SMILES string of the molecule is CS(=O)CCNc1cccc(NN)c1[N+](=O)[O-]. The van der Waals surface area contributed by atoms with Gasteiger partial charge in [0.2, 0.25) is 0 Å². The van der Waals surface area contributed by atoms with E-state index in [1.165, 1.54) is 6.07 Å². The van der Waals surface area contributed by atoms with E-state index in [4.69, 9.17) is 5.84 Å². The number of para-hydroxylation sites is 1. The van der Waals surface area contributed by atoms with Crippen molar-refractivity contribution in [2.45, 2.75) is 0 Å². The van der Waals surface area contributed by atoms with E-state index in [0.717, 1.165) is 0 Å². The number of nitro groups is 1. The fourth-order valence-corrected chi connectivity index (χ4v) is 1.72. The van der Waals surface area contributed by atoms with E-state index in [-0.39, 0.29) is 11.4 Å². The van der Waals surface area contributed by atoms with Gasteiger partial charge in [0, 0.05) is 29.4 Å². The van der Waals surface area contributed by atoms with Crippen molar-refractivity contribution in [3.05, 3.63) is 28.3 Å². The van der Waals surface area contributed by atoms with Crippen molar-refractivity contribution in [1.82, 2.24) is 0 Å². The molecule has 4 N–H and O–H groups in total. The first-order valence-electron chi connectivity index (χ1n) is 4.84. The van der Waals surface area contributed by atoms with Gasteiger partial charge in [-0.3, -0.25) is 20.2 Å². The molecule has 0 aliphatic carbocycles. The van der Waals surface area contributed by atoms with Gasteiger partial charge in [0.25, 0.3) is 0 Å². The van der Waals surface area contributed by atoms with Gasteiger partial charge in [-0.15, -0.1) is 0 Å². The molecule has 0 saturated heterocycles. The van der Waals surface area contributed by atoms with Crippen LogP contribution in [0.3, 0.4) is 0 Å². The quantitative estimate of drug-likeness (QED) is 0.393. The maximum atomic E-state index is 10.9. The minimum atomic E-state index is -0.936. The number of hydrogen-bond acceptors (Lipinski definition) is 6. The highest BCUT2D eigenvalue weighted by Gasteiger charge is 2.18. The summed E-state index contributed by atoms with van der Waals surface area (Å²) in [7, 11) is -0.936. The largest absolute Gasteiger partial charge is 0.378 e. The van der Waals surface area contributed by atoms with Gasteiger partial charge in [-0.25, -0.2) is 0 Å². The molecule has 1 atom stereocenters. The van der Waals surface area contributed by atoms with Gasteiger partial charge < -0.3 is 10.7 Å². The van der Waals surface area contributed by atoms with Crippen LogP contribution in [-0.4, -0.2) is 27.7 Å². The molecule has 94 valence electrons. The average molecular weight is 258 g/mol. The van der Waals surface area contributed by atoms with Gasteiger partial charge in [0.1, 0.15) is 11.4 Å². The van der Waals surface area contributed by atoms with E-state index in [0.29, 0.717) is 18.0 Å². The molecule has 1 aromatic carbocycles. The van der Waals surface area contributed by atoms with Crippen molar-refractivity contribution in [2.24, 2.45) is 5.84 Å². The molecular weight excluding hydrogens is 244 g/mol. The Morgan fingerprint density at radius 3 is 2.65 bits per heavy atom. The summed E-state index contributed by atoms with van der Waals surface area (Å²) >= 11 is 0. The average Bonchev–Trinajstić information content (AvgIpc) is 2.27. The molecular formula is C9H14N4O3S. The van der Waals surface area contributed by atoms with Crippen LogP contribution in [0.25, 0.3) is 0 Å². The molecule has 0 aliphatic rings.